The Morgan fingerprint density at radius 2 is 1.82 bits per heavy atom. The first kappa shape index (κ1) is 13.9. The van der Waals surface area contributed by atoms with E-state index in [1.807, 2.05) is 0 Å². The number of rotatable bonds is 3. The van der Waals surface area contributed by atoms with E-state index in [0.717, 1.165) is 11.4 Å². The maximum atomic E-state index is 12.2. The molecule has 0 unspecified atom stereocenters. The fourth-order valence-electron chi connectivity index (χ4n) is 2.18. The van der Waals surface area contributed by atoms with Crippen molar-refractivity contribution in [2.75, 3.05) is 23.8 Å². The molecule has 0 radical (unpaired) electrons. The number of carboxylic acids is 1. The third-order valence-electron chi connectivity index (χ3n) is 3.31. The lowest BCUT2D eigenvalue weighted by Gasteiger charge is -2.19. The first-order chi connectivity index (χ1) is 10.6. The number of carbonyl (C=O) groups excluding carboxylic acids is 1. The van der Waals surface area contributed by atoms with Crippen LogP contribution in [0.15, 0.2) is 42.5 Å². The molecule has 1 aliphatic rings. The van der Waals surface area contributed by atoms with Crippen molar-refractivity contribution in [3.63, 3.8) is 0 Å². The molecule has 2 aromatic carbocycles. The first-order valence-electron chi connectivity index (χ1n) is 6.79. The van der Waals surface area contributed by atoms with E-state index in [4.69, 9.17) is 9.84 Å². The van der Waals surface area contributed by atoms with Crippen molar-refractivity contribution in [2.24, 2.45) is 0 Å². The van der Waals surface area contributed by atoms with E-state index in [9.17, 15) is 9.59 Å². The van der Waals surface area contributed by atoms with Gasteiger partial charge in [-0.15, -0.1) is 0 Å². The van der Waals surface area contributed by atoms with Gasteiger partial charge in [-0.05, 0) is 42.5 Å². The Morgan fingerprint density at radius 1 is 1.09 bits per heavy atom. The van der Waals surface area contributed by atoms with Gasteiger partial charge < -0.3 is 20.5 Å². The van der Waals surface area contributed by atoms with E-state index in [2.05, 4.69) is 10.6 Å². The van der Waals surface area contributed by atoms with Crippen LogP contribution in [0.5, 0.6) is 5.75 Å². The molecule has 0 saturated carbocycles. The fourth-order valence-corrected chi connectivity index (χ4v) is 2.18. The molecule has 0 atom stereocenters. The topological polar surface area (TPSA) is 87.7 Å². The molecular weight excluding hydrogens is 284 g/mol. The van der Waals surface area contributed by atoms with E-state index in [-0.39, 0.29) is 11.5 Å². The molecule has 1 amide bonds. The number of carbonyl (C=O) groups is 2. The fraction of sp³-hybridized carbons (Fsp3) is 0.125. The zero-order valence-corrected chi connectivity index (χ0v) is 11.6. The Balaban J connectivity index is 1.75. The smallest absolute Gasteiger partial charge is 0.335 e. The van der Waals surface area contributed by atoms with Gasteiger partial charge in [0.1, 0.15) is 12.4 Å². The average molecular weight is 298 g/mol. The summed E-state index contributed by atoms with van der Waals surface area (Å²) in [5.74, 6) is -0.537. The molecule has 0 aromatic heterocycles. The lowest BCUT2D eigenvalue weighted by atomic mass is 10.1. The summed E-state index contributed by atoms with van der Waals surface area (Å²) in [6.07, 6.45) is 0. The number of carboxylic acid groups (broad SMARTS) is 1. The molecule has 22 heavy (non-hydrogen) atoms. The van der Waals surface area contributed by atoms with Crippen LogP contribution in [0.3, 0.4) is 0 Å². The monoisotopic (exact) mass is 298 g/mol. The normalized spacial score (nSPS) is 12.5. The second kappa shape index (κ2) is 5.77. The van der Waals surface area contributed by atoms with E-state index in [1.54, 1.807) is 30.3 Å². The molecule has 3 N–H and O–H groups in total. The molecule has 3 rings (SSSR count). The highest BCUT2D eigenvalue weighted by molar-refractivity contribution is 6.05. The Labute approximate surface area is 126 Å². The second-order valence-corrected chi connectivity index (χ2v) is 4.82. The summed E-state index contributed by atoms with van der Waals surface area (Å²) >= 11 is 0. The summed E-state index contributed by atoms with van der Waals surface area (Å²) in [5.41, 5.74) is 2.00. The van der Waals surface area contributed by atoms with Crippen LogP contribution >= 0.6 is 0 Å². The molecule has 0 saturated heterocycles. The third kappa shape index (κ3) is 2.85. The molecule has 0 fully saturated rings. The highest BCUT2D eigenvalue weighted by Crippen LogP contribution is 2.28. The van der Waals surface area contributed by atoms with Crippen molar-refractivity contribution in [2.45, 2.75) is 0 Å². The minimum Gasteiger partial charge on any atom is -0.490 e. The van der Waals surface area contributed by atoms with E-state index in [0.29, 0.717) is 24.4 Å². The maximum absolute atomic E-state index is 12.2. The third-order valence-corrected chi connectivity index (χ3v) is 3.31. The van der Waals surface area contributed by atoms with Crippen LogP contribution in [0, 0.1) is 0 Å². The number of hydrogen-bond donors (Lipinski definition) is 3. The van der Waals surface area contributed by atoms with Gasteiger partial charge in [-0.3, -0.25) is 4.79 Å². The van der Waals surface area contributed by atoms with Crippen LogP contribution in [0.1, 0.15) is 20.7 Å². The zero-order chi connectivity index (χ0) is 15.5. The molecule has 1 aliphatic heterocycles. The van der Waals surface area contributed by atoms with Crippen molar-refractivity contribution in [3.8, 4) is 5.75 Å². The summed E-state index contributed by atoms with van der Waals surface area (Å²) in [6, 6.07) is 11.2. The van der Waals surface area contributed by atoms with Gasteiger partial charge in [0, 0.05) is 17.8 Å². The SMILES string of the molecule is O=C(O)c1ccc(NC(=O)c2ccc3c(c2)NCCO3)cc1. The standard InChI is InChI=1S/C16H14N2O4/c19-15(18-12-4-1-10(2-5-12)16(20)21)11-3-6-14-13(9-11)17-7-8-22-14/h1-6,9,17H,7-8H2,(H,18,19)(H,20,21). The number of nitrogens with one attached hydrogen (secondary N) is 2. The van der Waals surface area contributed by atoms with Crippen LogP contribution in [0.2, 0.25) is 0 Å². The molecule has 6 nitrogen and oxygen atoms in total. The highest BCUT2D eigenvalue weighted by Gasteiger charge is 2.13. The molecule has 0 bridgehead atoms. The quantitative estimate of drug-likeness (QED) is 0.810. The number of anilines is 2. The second-order valence-electron chi connectivity index (χ2n) is 4.82. The molecule has 0 aliphatic carbocycles. The average Bonchev–Trinajstić information content (AvgIpc) is 2.55. The van der Waals surface area contributed by atoms with Gasteiger partial charge in [0.05, 0.1) is 11.3 Å². The van der Waals surface area contributed by atoms with E-state index >= 15 is 0 Å². The number of amides is 1. The molecule has 1 heterocycles. The van der Waals surface area contributed by atoms with Gasteiger partial charge in [0.25, 0.3) is 5.91 Å². The van der Waals surface area contributed by atoms with Gasteiger partial charge in [0.2, 0.25) is 0 Å². The first-order valence-corrected chi connectivity index (χ1v) is 6.79. The minimum absolute atomic E-state index is 0.174. The summed E-state index contributed by atoms with van der Waals surface area (Å²) in [4.78, 5) is 23.0. The summed E-state index contributed by atoms with van der Waals surface area (Å²) < 4.78 is 5.46. The highest BCUT2D eigenvalue weighted by atomic mass is 16.5. The van der Waals surface area contributed by atoms with Crippen LogP contribution in [0.25, 0.3) is 0 Å². The van der Waals surface area contributed by atoms with Gasteiger partial charge in [0.15, 0.2) is 0 Å². The summed E-state index contributed by atoms with van der Waals surface area (Å²) in [7, 11) is 0. The van der Waals surface area contributed by atoms with Crippen LogP contribution in [-0.4, -0.2) is 30.1 Å². The zero-order valence-electron chi connectivity index (χ0n) is 11.6. The van der Waals surface area contributed by atoms with Crippen LogP contribution in [-0.2, 0) is 0 Å². The van der Waals surface area contributed by atoms with E-state index in [1.165, 1.54) is 12.1 Å². The number of hydrogen-bond acceptors (Lipinski definition) is 4. The lowest BCUT2D eigenvalue weighted by molar-refractivity contribution is 0.0696. The van der Waals surface area contributed by atoms with Crippen molar-refractivity contribution in [1.29, 1.82) is 0 Å². The van der Waals surface area contributed by atoms with Crippen LogP contribution in [0.4, 0.5) is 11.4 Å². The Bertz CT molecular complexity index is 725. The number of aromatic carboxylic acids is 1. The van der Waals surface area contributed by atoms with Crippen molar-refractivity contribution in [3.05, 3.63) is 53.6 Å². The van der Waals surface area contributed by atoms with Gasteiger partial charge >= 0.3 is 5.97 Å². The predicted molar refractivity (Wildman–Crippen MR) is 81.8 cm³/mol. The summed E-state index contributed by atoms with van der Waals surface area (Å²) in [6.45, 7) is 1.31. The van der Waals surface area contributed by atoms with E-state index < -0.39 is 5.97 Å². The van der Waals surface area contributed by atoms with Gasteiger partial charge in [-0.1, -0.05) is 0 Å². The lowest BCUT2D eigenvalue weighted by Crippen LogP contribution is -2.19. The molecule has 0 spiro atoms. The number of benzene rings is 2. The van der Waals surface area contributed by atoms with Gasteiger partial charge in [-0.2, -0.15) is 0 Å². The molecular formula is C16H14N2O4. The Hall–Kier alpha value is -3.02. The summed E-state index contributed by atoms with van der Waals surface area (Å²) in [5, 5.41) is 14.7. The van der Waals surface area contributed by atoms with Crippen molar-refractivity contribution >= 4 is 23.3 Å². The minimum atomic E-state index is -1.00. The molecule has 6 heteroatoms. The largest absolute Gasteiger partial charge is 0.490 e. The Kier molecular flexibility index (Phi) is 3.65. The maximum Gasteiger partial charge on any atom is 0.335 e. The number of ether oxygens (including phenoxy) is 1. The van der Waals surface area contributed by atoms with Crippen molar-refractivity contribution < 1.29 is 19.4 Å². The number of fused-ring (bicyclic) bond motifs is 1. The van der Waals surface area contributed by atoms with Crippen LogP contribution < -0.4 is 15.4 Å². The Morgan fingerprint density at radius 3 is 2.55 bits per heavy atom. The van der Waals surface area contributed by atoms with Crippen molar-refractivity contribution in [1.82, 2.24) is 0 Å². The van der Waals surface area contributed by atoms with Gasteiger partial charge in [-0.25, -0.2) is 4.79 Å². The molecule has 2 aromatic rings. The molecule has 112 valence electrons. The predicted octanol–water partition coefficient (Wildman–Crippen LogP) is 2.44.